The predicted molar refractivity (Wildman–Crippen MR) is 117 cm³/mol. The molecule has 2 heterocycles. The Bertz CT molecular complexity index is 745. The number of hydrogen-bond donors (Lipinski definition) is 3. The molecule has 0 bridgehead atoms. The zero-order valence-electron chi connectivity index (χ0n) is 17.2. The molecule has 2 aliphatic rings. The van der Waals surface area contributed by atoms with Gasteiger partial charge in [0.25, 0.3) is 0 Å². The number of benzene rings is 1. The first-order chi connectivity index (χ1) is 14.5. The number of rotatable bonds is 9. The third-order valence-corrected chi connectivity index (χ3v) is 6.16. The maximum Gasteiger partial charge on any atom is 0.243 e. The van der Waals surface area contributed by atoms with Gasteiger partial charge in [0, 0.05) is 43.5 Å². The number of piperidine rings is 1. The van der Waals surface area contributed by atoms with E-state index in [4.69, 9.17) is 16.8 Å². The molecule has 0 saturated carbocycles. The molecule has 1 aromatic carbocycles. The van der Waals surface area contributed by atoms with Crippen LogP contribution in [0.25, 0.3) is 0 Å². The van der Waals surface area contributed by atoms with Gasteiger partial charge in [-0.1, -0.05) is 36.6 Å². The largest absolute Gasteiger partial charge is 0.385 e. The van der Waals surface area contributed by atoms with E-state index in [1.54, 1.807) is 5.48 Å². The SMILES string of the molecule is O=C(CCCCCCN1C=CC=NC1N1CCC(O)(c2ccc(Cl)cc2)CC1)NO. The van der Waals surface area contributed by atoms with Crippen LogP contribution in [0.2, 0.25) is 5.02 Å². The van der Waals surface area contributed by atoms with Gasteiger partial charge in [-0.3, -0.25) is 19.9 Å². The Hall–Kier alpha value is -1.93. The molecule has 2 aliphatic heterocycles. The molecule has 3 rings (SSSR count). The fourth-order valence-corrected chi connectivity index (χ4v) is 4.22. The van der Waals surface area contributed by atoms with Crippen molar-refractivity contribution in [2.45, 2.75) is 56.8 Å². The van der Waals surface area contributed by atoms with Crippen LogP contribution in [0.1, 0.15) is 50.5 Å². The van der Waals surface area contributed by atoms with Gasteiger partial charge in [0.15, 0.2) is 6.29 Å². The number of aliphatic imine (C=N–C) groups is 1. The summed E-state index contributed by atoms with van der Waals surface area (Å²) in [7, 11) is 0. The molecule has 1 atom stereocenters. The third-order valence-electron chi connectivity index (χ3n) is 5.91. The topological polar surface area (TPSA) is 88.4 Å². The molecule has 0 radical (unpaired) electrons. The maximum absolute atomic E-state index is 11.1. The summed E-state index contributed by atoms with van der Waals surface area (Å²) in [6.45, 7) is 2.42. The molecule has 1 fully saturated rings. The van der Waals surface area contributed by atoms with Crippen LogP contribution in [0.15, 0.2) is 41.5 Å². The fraction of sp³-hybridized carbons (Fsp3) is 0.545. The van der Waals surface area contributed by atoms with E-state index in [9.17, 15) is 9.90 Å². The average Bonchev–Trinajstić information content (AvgIpc) is 2.77. The van der Waals surface area contributed by atoms with E-state index in [2.05, 4.69) is 21.0 Å². The highest BCUT2D eigenvalue weighted by Crippen LogP contribution is 2.34. The Labute approximate surface area is 183 Å². The highest BCUT2D eigenvalue weighted by molar-refractivity contribution is 6.30. The normalized spacial score (nSPS) is 21.0. The lowest BCUT2D eigenvalue weighted by Crippen LogP contribution is -2.52. The highest BCUT2D eigenvalue weighted by Gasteiger charge is 2.37. The first-order valence-corrected chi connectivity index (χ1v) is 11.0. The number of carbonyl (C=O) groups excluding carboxylic acids is 1. The summed E-state index contributed by atoms with van der Waals surface area (Å²) in [5, 5.41) is 20.3. The number of nitrogens with one attached hydrogen (secondary N) is 1. The molecule has 1 aromatic rings. The minimum Gasteiger partial charge on any atom is -0.385 e. The Morgan fingerprint density at radius 2 is 1.87 bits per heavy atom. The van der Waals surface area contributed by atoms with Gasteiger partial charge in [-0.05, 0) is 49.5 Å². The van der Waals surface area contributed by atoms with Crippen LogP contribution in [0.3, 0.4) is 0 Å². The zero-order chi connectivity index (χ0) is 21.4. The molecule has 164 valence electrons. The van der Waals surface area contributed by atoms with E-state index in [0.29, 0.717) is 24.3 Å². The maximum atomic E-state index is 11.1. The van der Waals surface area contributed by atoms with Gasteiger partial charge in [-0.2, -0.15) is 0 Å². The first-order valence-electron chi connectivity index (χ1n) is 10.6. The summed E-state index contributed by atoms with van der Waals surface area (Å²) >= 11 is 5.98. The van der Waals surface area contributed by atoms with Crippen LogP contribution < -0.4 is 5.48 Å². The van der Waals surface area contributed by atoms with Crippen molar-refractivity contribution >= 4 is 23.7 Å². The van der Waals surface area contributed by atoms with Crippen molar-refractivity contribution in [3.8, 4) is 0 Å². The van der Waals surface area contributed by atoms with E-state index in [-0.39, 0.29) is 12.2 Å². The second-order valence-electron chi connectivity index (χ2n) is 8.00. The van der Waals surface area contributed by atoms with Crippen molar-refractivity contribution < 1.29 is 15.1 Å². The number of aliphatic hydroxyl groups is 1. The van der Waals surface area contributed by atoms with Crippen LogP contribution in [-0.4, -0.2) is 58.2 Å². The minimum atomic E-state index is -0.818. The van der Waals surface area contributed by atoms with Crippen LogP contribution in [-0.2, 0) is 10.4 Å². The molecule has 30 heavy (non-hydrogen) atoms. The minimum absolute atomic E-state index is 0.0371. The van der Waals surface area contributed by atoms with Gasteiger partial charge < -0.3 is 10.0 Å². The lowest BCUT2D eigenvalue weighted by atomic mass is 9.84. The number of nitrogens with zero attached hydrogens (tertiary/aromatic N) is 3. The molecule has 0 aromatic heterocycles. The first kappa shape index (κ1) is 22.7. The quantitative estimate of drug-likeness (QED) is 0.315. The smallest absolute Gasteiger partial charge is 0.243 e. The molecular formula is C22H31ClN4O3. The number of hydroxylamine groups is 1. The van der Waals surface area contributed by atoms with Gasteiger partial charge >= 0.3 is 0 Å². The van der Waals surface area contributed by atoms with Crippen molar-refractivity contribution in [3.63, 3.8) is 0 Å². The molecule has 7 nitrogen and oxygen atoms in total. The summed E-state index contributed by atoms with van der Waals surface area (Å²) < 4.78 is 0. The summed E-state index contributed by atoms with van der Waals surface area (Å²) in [6.07, 6.45) is 11.3. The Morgan fingerprint density at radius 3 is 2.57 bits per heavy atom. The standard InChI is InChI=1S/C22H31ClN4O3/c23-19-9-7-18(8-10-19)22(29)11-16-27(17-12-22)21-24-13-5-15-26(21)14-4-2-1-3-6-20(28)25-30/h5,7-10,13,15,21,29-30H,1-4,6,11-12,14,16-17H2,(H,25,28). The number of unbranched alkanes of at least 4 members (excludes halogenated alkanes) is 3. The second kappa shape index (κ2) is 10.9. The number of likely N-dealkylation sites (tertiary alicyclic amines) is 1. The Balaban J connectivity index is 1.46. The van der Waals surface area contributed by atoms with E-state index in [1.165, 1.54) is 0 Å². The van der Waals surface area contributed by atoms with E-state index in [1.807, 2.05) is 36.6 Å². The van der Waals surface area contributed by atoms with Gasteiger partial charge in [-0.15, -0.1) is 0 Å². The van der Waals surface area contributed by atoms with Crippen LogP contribution in [0.4, 0.5) is 0 Å². The number of hydrogen-bond acceptors (Lipinski definition) is 6. The Morgan fingerprint density at radius 1 is 1.17 bits per heavy atom. The van der Waals surface area contributed by atoms with E-state index >= 15 is 0 Å². The monoisotopic (exact) mass is 434 g/mol. The fourth-order valence-electron chi connectivity index (χ4n) is 4.10. The molecule has 0 aliphatic carbocycles. The summed E-state index contributed by atoms with van der Waals surface area (Å²) in [5.74, 6) is -0.327. The zero-order valence-corrected chi connectivity index (χ0v) is 18.0. The van der Waals surface area contributed by atoms with Crippen molar-refractivity contribution in [1.29, 1.82) is 0 Å². The molecular weight excluding hydrogens is 404 g/mol. The molecule has 3 N–H and O–H groups in total. The number of allylic oxidation sites excluding steroid dienone is 1. The predicted octanol–water partition coefficient (Wildman–Crippen LogP) is 3.26. The van der Waals surface area contributed by atoms with Crippen molar-refractivity contribution in [1.82, 2.24) is 15.3 Å². The van der Waals surface area contributed by atoms with Gasteiger partial charge in [0.2, 0.25) is 5.91 Å². The lowest BCUT2D eigenvalue weighted by Gasteiger charge is -2.44. The summed E-state index contributed by atoms with van der Waals surface area (Å²) in [5.41, 5.74) is 1.77. The van der Waals surface area contributed by atoms with Crippen LogP contribution in [0.5, 0.6) is 0 Å². The second-order valence-corrected chi connectivity index (χ2v) is 8.43. The van der Waals surface area contributed by atoms with Crippen molar-refractivity contribution in [2.75, 3.05) is 19.6 Å². The number of halogens is 1. The van der Waals surface area contributed by atoms with Gasteiger partial charge in [0.05, 0.1) is 5.60 Å². The third kappa shape index (κ3) is 6.04. The number of amides is 1. The molecule has 1 amide bonds. The number of carbonyl (C=O) groups is 1. The van der Waals surface area contributed by atoms with E-state index < -0.39 is 5.60 Å². The van der Waals surface area contributed by atoms with Gasteiger partial charge in [-0.25, -0.2) is 5.48 Å². The van der Waals surface area contributed by atoms with Crippen LogP contribution in [0, 0.1) is 0 Å². The summed E-state index contributed by atoms with van der Waals surface area (Å²) in [6, 6.07) is 7.48. The van der Waals surface area contributed by atoms with Crippen molar-refractivity contribution in [2.24, 2.45) is 4.99 Å². The molecule has 8 heteroatoms. The molecule has 1 saturated heterocycles. The average molecular weight is 435 g/mol. The molecule has 0 spiro atoms. The summed E-state index contributed by atoms with van der Waals surface area (Å²) in [4.78, 5) is 20.3. The van der Waals surface area contributed by atoms with Crippen molar-refractivity contribution in [3.05, 3.63) is 47.1 Å². The molecule has 1 unspecified atom stereocenters. The van der Waals surface area contributed by atoms with E-state index in [0.717, 1.165) is 50.9 Å². The highest BCUT2D eigenvalue weighted by atomic mass is 35.5. The van der Waals surface area contributed by atoms with Crippen LogP contribution >= 0.6 is 11.6 Å². The lowest BCUT2D eigenvalue weighted by molar-refractivity contribution is -0.129. The van der Waals surface area contributed by atoms with Gasteiger partial charge in [0.1, 0.15) is 0 Å². The Kier molecular flexibility index (Phi) is 8.27.